The Hall–Kier alpha value is -1.55. The number of hydrogen-bond donors (Lipinski definition) is 1. The minimum atomic E-state index is -0.489. The summed E-state index contributed by atoms with van der Waals surface area (Å²) >= 11 is 0. The van der Waals surface area contributed by atoms with E-state index in [9.17, 15) is 4.79 Å². The van der Waals surface area contributed by atoms with Gasteiger partial charge in [0.05, 0.1) is 0 Å². The van der Waals surface area contributed by atoms with Crippen LogP contribution in [0, 0.1) is 0 Å². The molecule has 18 heavy (non-hydrogen) atoms. The smallest absolute Gasteiger partial charge is 0.414 e. The molecule has 0 bridgehead atoms. The first-order valence-electron chi connectivity index (χ1n) is 6.03. The van der Waals surface area contributed by atoms with Gasteiger partial charge >= 0.3 is 6.09 Å². The molecule has 1 unspecified atom stereocenters. The van der Waals surface area contributed by atoms with Crippen LogP contribution in [-0.2, 0) is 4.74 Å². The molecule has 0 spiro atoms. The van der Waals surface area contributed by atoms with E-state index in [1.54, 1.807) is 7.05 Å². The summed E-state index contributed by atoms with van der Waals surface area (Å²) < 4.78 is 5.29. The van der Waals surface area contributed by atoms with Crippen LogP contribution in [0.4, 0.5) is 10.5 Å². The maximum absolute atomic E-state index is 11.9. The normalized spacial score (nSPS) is 13.0. The van der Waals surface area contributed by atoms with Crippen molar-refractivity contribution in [3.05, 3.63) is 29.8 Å². The van der Waals surface area contributed by atoms with Gasteiger partial charge in [0.2, 0.25) is 0 Å². The number of ether oxygens (including phenoxy) is 1. The zero-order valence-electron chi connectivity index (χ0n) is 11.7. The topological polar surface area (TPSA) is 55.6 Å². The van der Waals surface area contributed by atoms with Crippen molar-refractivity contribution in [2.45, 2.75) is 39.3 Å². The Morgan fingerprint density at radius 1 is 1.28 bits per heavy atom. The minimum absolute atomic E-state index is 0.00844. The van der Waals surface area contributed by atoms with Crippen LogP contribution in [0.3, 0.4) is 0 Å². The molecule has 0 aliphatic heterocycles. The summed E-state index contributed by atoms with van der Waals surface area (Å²) in [6.45, 7) is 7.46. The van der Waals surface area contributed by atoms with E-state index in [0.29, 0.717) is 0 Å². The molecule has 0 fully saturated rings. The number of amides is 1. The third kappa shape index (κ3) is 4.04. The van der Waals surface area contributed by atoms with Gasteiger partial charge in [0, 0.05) is 18.8 Å². The van der Waals surface area contributed by atoms with Crippen molar-refractivity contribution in [1.82, 2.24) is 0 Å². The molecule has 0 saturated carbocycles. The van der Waals surface area contributed by atoms with Crippen molar-refractivity contribution >= 4 is 11.8 Å². The van der Waals surface area contributed by atoms with E-state index in [0.717, 1.165) is 11.3 Å². The highest BCUT2D eigenvalue weighted by molar-refractivity contribution is 5.87. The molecule has 4 nitrogen and oxygen atoms in total. The number of nitrogens with two attached hydrogens (primary N) is 1. The first-order chi connectivity index (χ1) is 8.20. The monoisotopic (exact) mass is 250 g/mol. The third-order valence-electron chi connectivity index (χ3n) is 2.47. The molecule has 0 saturated heterocycles. The number of nitrogens with zero attached hydrogens (tertiary/aromatic N) is 1. The SMILES string of the molecule is CC(N)c1ccc(N(C)C(=O)OC(C)(C)C)cc1. The predicted octanol–water partition coefficient (Wildman–Crippen LogP) is 3.08. The number of carbonyl (C=O) groups is 1. The highest BCUT2D eigenvalue weighted by atomic mass is 16.6. The van der Waals surface area contributed by atoms with E-state index >= 15 is 0 Å². The molecule has 0 aliphatic carbocycles. The van der Waals surface area contributed by atoms with Crippen molar-refractivity contribution in [3.63, 3.8) is 0 Å². The van der Waals surface area contributed by atoms with Crippen LogP contribution in [0.25, 0.3) is 0 Å². The van der Waals surface area contributed by atoms with E-state index in [1.807, 2.05) is 52.0 Å². The fourth-order valence-corrected chi connectivity index (χ4v) is 1.44. The van der Waals surface area contributed by atoms with Crippen LogP contribution >= 0.6 is 0 Å². The highest BCUT2D eigenvalue weighted by Gasteiger charge is 2.20. The van der Waals surface area contributed by atoms with Crippen molar-refractivity contribution < 1.29 is 9.53 Å². The Kier molecular flexibility index (Phi) is 4.35. The summed E-state index contributed by atoms with van der Waals surface area (Å²) in [7, 11) is 1.69. The molecule has 2 N–H and O–H groups in total. The first kappa shape index (κ1) is 14.5. The lowest BCUT2D eigenvalue weighted by molar-refractivity contribution is 0.0589. The molecule has 1 aromatic carbocycles. The average Bonchev–Trinajstić information content (AvgIpc) is 2.26. The van der Waals surface area contributed by atoms with Crippen LogP contribution in [0.5, 0.6) is 0 Å². The van der Waals surface area contributed by atoms with Gasteiger partial charge in [-0.15, -0.1) is 0 Å². The summed E-state index contributed by atoms with van der Waals surface area (Å²) in [6.07, 6.45) is -0.365. The van der Waals surface area contributed by atoms with Crippen molar-refractivity contribution in [2.24, 2.45) is 5.73 Å². The second-order valence-electron chi connectivity index (χ2n) is 5.42. The van der Waals surface area contributed by atoms with Gasteiger partial charge < -0.3 is 10.5 Å². The molecule has 0 heterocycles. The van der Waals surface area contributed by atoms with Gasteiger partial charge in [-0.2, -0.15) is 0 Å². The van der Waals surface area contributed by atoms with E-state index in [2.05, 4.69) is 0 Å². The fraction of sp³-hybridized carbons (Fsp3) is 0.500. The summed E-state index contributed by atoms with van der Waals surface area (Å²) in [4.78, 5) is 13.3. The molecular formula is C14H22N2O2. The molecule has 1 aromatic rings. The van der Waals surface area contributed by atoms with Crippen molar-refractivity contribution in [3.8, 4) is 0 Å². The molecule has 0 radical (unpaired) electrons. The Morgan fingerprint density at radius 2 is 1.78 bits per heavy atom. The van der Waals surface area contributed by atoms with Crippen LogP contribution in [0.15, 0.2) is 24.3 Å². The average molecular weight is 250 g/mol. The molecule has 1 atom stereocenters. The summed E-state index contributed by atoms with van der Waals surface area (Å²) in [5.74, 6) is 0. The molecule has 1 amide bonds. The van der Waals surface area contributed by atoms with E-state index in [4.69, 9.17) is 10.5 Å². The second kappa shape index (κ2) is 5.40. The lowest BCUT2D eigenvalue weighted by Gasteiger charge is -2.24. The molecule has 100 valence electrons. The largest absolute Gasteiger partial charge is 0.443 e. The fourth-order valence-electron chi connectivity index (χ4n) is 1.44. The van der Waals surface area contributed by atoms with Crippen molar-refractivity contribution in [1.29, 1.82) is 0 Å². The van der Waals surface area contributed by atoms with Crippen LogP contribution in [0.2, 0.25) is 0 Å². The van der Waals surface area contributed by atoms with Crippen molar-refractivity contribution in [2.75, 3.05) is 11.9 Å². The standard InChI is InChI=1S/C14H22N2O2/c1-10(15)11-6-8-12(9-7-11)16(5)13(17)18-14(2,3)4/h6-10H,15H2,1-5H3. The van der Waals surface area contributed by atoms with Gasteiger partial charge in [-0.3, -0.25) is 4.90 Å². The van der Waals surface area contributed by atoms with Crippen LogP contribution in [0.1, 0.15) is 39.3 Å². The molecular weight excluding hydrogens is 228 g/mol. The van der Waals surface area contributed by atoms with Gasteiger partial charge in [-0.1, -0.05) is 12.1 Å². The Morgan fingerprint density at radius 3 is 2.17 bits per heavy atom. The molecule has 0 aromatic heterocycles. The zero-order valence-corrected chi connectivity index (χ0v) is 11.7. The second-order valence-corrected chi connectivity index (χ2v) is 5.42. The lowest BCUT2D eigenvalue weighted by Crippen LogP contribution is -2.34. The number of benzene rings is 1. The maximum Gasteiger partial charge on any atom is 0.414 e. The minimum Gasteiger partial charge on any atom is -0.443 e. The highest BCUT2D eigenvalue weighted by Crippen LogP contribution is 2.19. The number of carbonyl (C=O) groups excluding carboxylic acids is 1. The Labute approximate surface area is 109 Å². The summed E-state index contributed by atoms with van der Waals surface area (Å²) in [6, 6.07) is 7.55. The maximum atomic E-state index is 11.9. The summed E-state index contributed by atoms with van der Waals surface area (Å²) in [5.41, 5.74) is 7.11. The van der Waals surface area contributed by atoms with E-state index < -0.39 is 5.60 Å². The first-order valence-corrected chi connectivity index (χ1v) is 6.03. The van der Waals surface area contributed by atoms with Gasteiger partial charge in [0.1, 0.15) is 5.60 Å². The van der Waals surface area contributed by atoms with Gasteiger partial charge in [-0.05, 0) is 45.4 Å². The van der Waals surface area contributed by atoms with E-state index in [-0.39, 0.29) is 12.1 Å². The lowest BCUT2D eigenvalue weighted by atomic mass is 10.1. The number of hydrogen-bond acceptors (Lipinski definition) is 3. The van der Waals surface area contributed by atoms with Gasteiger partial charge in [-0.25, -0.2) is 4.79 Å². The Bertz CT molecular complexity index is 405. The van der Waals surface area contributed by atoms with E-state index in [1.165, 1.54) is 4.90 Å². The van der Waals surface area contributed by atoms with Crippen LogP contribution in [-0.4, -0.2) is 18.7 Å². The summed E-state index contributed by atoms with van der Waals surface area (Å²) in [5, 5.41) is 0. The third-order valence-corrected chi connectivity index (χ3v) is 2.47. The molecule has 4 heteroatoms. The van der Waals surface area contributed by atoms with Gasteiger partial charge in [0.15, 0.2) is 0 Å². The number of anilines is 1. The predicted molar refractivity (Wildman–Crippen MR) is 73.7 cm³/mol. The van der Waals surface area contributed by atoms with Crippen LogP contribution < -0.4 is 10.6 Å². The quantitative estimate of drug-likeness (QED) is 0.877. The number of rotatable bonds is 2. The van der Waals surface area contributed by atoms with Gasteiger partial charge in [0.25, 0.3) is 0 Å². The molecule has 1 rings (SSSR count). The zero-order chi connectivity index (χ0) is 13.9. The molecule has 0 aliphatic rings. The Balaban J connectivity index is 2.78.